The van der Waals surface area contributed by atoms with Gasteiger partial charge in [0.15, 0.2) is 0 Å². The number of ether oxygens (including phenoxy) is 2. The molecule has 0 radical (unpaired) electrons. The molecule has 1 spiro atoms. The molecule has 4 bridgehead atoms. The van der Waals surface area contributed by atoms with E-state index in [4.69, 9.17) is 21.1 Å². The van der Waals surface area contributed by atoms with Gasteiger partial charge in [0.25, 0.3) is 0 Å². The van der Waals surface area contributed by atoms with Crippen LogP contribution in [0.15, 0.2) is 11.6 Å². The topological polar surface area (TPSA) is 84.9 Å². The molecular formula is C29H41ClN2O5. The predicted octanol–water partition coefficient (Wildman–Crippen LogP) is 4.53. The van der Waals surface area contributed by atoms with Gasteiger partial charge in [-0.05, 0) is 75.2 Å². The minimum atomic E-state index is -0.696. The van der Waals surface area contributed by atoms with Crippen molar-refractivity contribution < 1.29 is 23.9 Å². The van der Waals surface area contributed by atoms with Crippen molar-refractivity contribution in [3.63, 3.8) is 0 Å². The van der Waals surface area contributed by atoms with Gasteiger partial charge in [-0.2, -0.15) is 0 Å². The first kappa shape index (κ1) is 25.8. The third-order valence-electron chi connectivity index (χ3n) is 11.8. The highest BCUT2D eigenvalue weighted by molar-refractivity contribution is 6.25. The monoisotopic (exact) mass is 532 g/mol. The smallest absolute Gasteiger partial charge is 0.414 e. The zero-order chi connectivity index (χ0) is 26.2. The van der Waals surface area contributed by atoms with Gasteiger partial charge in [-0.1, -0.05) is 31.5 Å². The maximum atomic E-state index is 14.2. The molecule has 0 aromatic carbocycles. The molecule has 2 heterocycles. The number of carbonyl (C=O) groups excluding carboxylic acids is 3. The summed E-state index contributed by atoms with van der Waals surface area (Å²) >= 11 is 5.92. The SMILES string of the molecule is CO[C@@H]1CCC23CC[C@H]4C[C@@]4(C12)[C@H](OC(=O)NC(=O)[C@H]1CN2CC[C@@H]1C2)C[C@@](C)(CC=CCl)C(=O)[C@@H]3C. The molecule has 204 valence electrons. The molecule has 4 aliphatic carbocycles. The standard InChI is InChI=1S/C29H41ClN2O5/c1-17-24(33)27(2,8-4-11-30)14-22(37-26(35)31-25(34)20-16-32-12-7-18(20)15-32)29-13-19(29)5-9-28(17)10-6-21(36-3)23(28)29/h4,11,17-23H,5-10,12-16H2,1-3H3,(H,31,34,35)/t17-,18+,19-,20-,21+,22+,23?,27+,28?,29-/m0/s1. The second-order valence-corrected chi connectivity index (χ2v) is 13.5. The van der Waals surface area contributed by atoms with Crippen LogP contribution in [-0.2, 0) is 19.1 Å². The number of piperidine rings is 1. The van der Waals surface area contributed by atoms with Crippen LogP contribution in [0.2, 0.25) is 0 Å². The van der Waals surface area contributed by atoms with Crippen molar-refractivity contribution in [3.05, 3.63) is 11.6 Å². The van der Waals surface area contributed by atoms with Gasteiger partial charge in [-0.25, -0.2) is 4.79 Å². The van der Waals surface area contributed by atoms with Crippen molar-refractivity contribution in [1.29, 1.82) is 0 Å². The summed E-state index contributed by atoms with van der Waals surface area (Å²) in [6.45, 7) is 6.83. The molecule has 11 atom stereocenters. The number of hydrogen-bond acceptors (Lipinski definition) is 6. The number of nitrogens with zero attached hydrogens (tertiary/aromatic N) is 1. The molecule has 3 unspecified atom stereocenters. The van der Waals surface area contributed by atoms with E-state index in [0.29, 0.717) is 31.2 Å². The molecule has 0 aromatic heterocycles. The Morgan fingerprint density at radius 1 is 1.19 bits per heavy atom. The van der Waals surface area contributed by atoms with E-state index < -0.39 is 17.6 Å². The first-order valence-corrected chi connectivity index (χ1v) is 14.7. The summed E-state index contributed by atoms with van der Waals surface area (Å²) in [5.41, 5.74) is 0.445. The lowest BCUT2D eigenvalue weighted by Crippen LogP contribution is -2.58. The van der Waals surface area contributed by atoms with Crippen molar-refractivity contribution >= 4 is 29.4 Å². The molecule has 6 aliphatic rings. The minimum Gasteiger partial charge on any atom is -0.445 e. The van der Waals surface area contributed by atoms with Gasteiger partial charge in [0.05, 0.1) is 12.0 Å². The number of nitrogens with one attached hydrogen (secondary N) is 1. The van der Waals surface area contributed by atoms with E-state index in [1.165, 1.54) is 5.54 Å². The molecule has 1 N–H and O–H groups in total. The lowest BCUT2D eigenvalue weighted by atomic mass is 9.50. The first-order chi connectivity index (χ1) is 17.7. The highest BCUT2D eigenvalue weighted by Crippen LogP contribution is 2.78. The van der Waals surface area contributed by atoms with Crippen molar-refractivity contribution in [1.82, 2.24) is 10.2 Å². The van der Waals surface area contributed by atoms with Crippen LogP contribution < -0.4 is 5.32 Å². The third kappa shape index (κ3) is 3.77. The van der Waals surface area contributed by atoms with Gasteiger partial charge in [0.2, 0.25) is 5.91 Å². The number of Topliss-reactive ketones (excluding diaryl/α,β-unsaturated/α-hetero) is 1. The highest BCUT2D eigenvalue weighted by atomic mass is 35.5. The summed E-state index contributed by atoms with van der Waals surface area (Å²) in [6.07, 6.45) is 7.74. The van der Waals surface area contributed by atoms with Crippen LogP contribution in [0.5, 0.6) is 0 Å². The number of methoxy groups -OCH3 is 1. The summed E-state index contributed by atoms with van der Waals surface area (Å²) in [6, 6.07) is 0. The molecule has 6 fully saturated rings. The van der Waals surface area contributed by atoms with Crippen LogP contribution in [-0.4, -0.2) is 61.6 Å². The Morgan fingerprint density at radius 2 is 1.97 bits per heavy atom. The average molecular weight is 533 g/mol. The Bertz CT molecular complexity index is 1020. The lowest BCUT2D eigenvalue weighted by molar-refractivity contribution is -0.160. The summed E-state index contributed by atoms with van der Waals surface area (Å²) in [4.78, 5) is 42.8. The zero-order valence-electron chi connectivity index (χ0n) is 22.3. The number of allylic oxidation sites excluding steroid dienone is 1. The number of alkyl carbamates (subject to hydrolysis) is 1. The van der Waals surface area contributed by atoms with E-state index in [0.717, 1.165) is 51.6 Å². The molecule has 8 heteroatoms. The van der Waals surface area contributed by atoms with Crippen LogP contribution in [0, 0.1) is 45.8 Å². The van der Waals surface area contributed by atoms with Gasteiger partial charge in [-0.15, -0.1) is 0 Å². The van der Waals surface area contributed by atoms with Gasteiger partial charge >= 0.3 is 6.09 Å². The van der Waals surface area contributed by atoms with E-state index in [-0.39, 0.29) is 46.4 Å². The fourth-order valence-electron chi connectivity index (χ4n) is 9.94. The number of carbonyl (C=O) groups is 3. The molecular weight excluding hydrogens is 492 g/mol. The number of fused-ring (bicyclic) bond motifs is 2. The van der Waals surface area contributed by atoms with Gasteiger partial charge in [-0.3, -0.25) is 14.9 Å². The van der Waals surface area contributed by atoms with Crippen LogP contribution in [0.1, 0.15) is 65.2 Å². The van der Waals surface area contributed by atoms with Crippen molar-refractivity contribution in [2.45, 2.75) is 77.4 Å². The van der Waals surface area contributed by atoms with Crippen molar-refractivity contribution in [3.8, 4) is 0 Å². The van der Waals surface area contributed by atoms with E-state index >= 15 is 0 Å². The fourth-order valence-corrected chi connectivity index (χ4v) is 10.0. The Kier molecular flexibility index (Phi) is 6.32. The molecule has 7 nitrogen and oxygen atoms in total. The van der Waals surface area contributed by atoms with Crippen LogP contribution in [0.3, 0.4) is 0 Å². The molecule has 0 aromatic rings. The maximum absolute atomic E-state index is 14.2. The molecule has 2 amide bonds. The van der Waals surface area contributed by atoms with Crippen molar-refractivity contribution in [2.75, 3.05) is 26.7 Å². The second-order valence-electron chi connectivity index (χ2n) is 13.3. The van der Waals surface area contributed by atoms with Gasteiger partial charge in [0.1, 0.15) is 11.9 Å². The van der Waals surface area contributed by atoms with Crippen molar-refractivity contribution in [2.24, 2.45) is 45.8 Å². The molecule has 2 aliphatic heterocycles. The number of amides is 2. The normalized spacial score (nSPS) is 49.8. The zero-order valence-corrected chi connectivity index (χ0v) is 23.1. The molecule has 4 saturated carbocycles. The van der Waals surface area contributed by atoms with E-state index in [9.17, 15) is 14.4 Å². The summed E-state index contributed by atoms with van der Waals surface area (Å²) in [7, 11) is 1.78. The summed E-state index contributed by atoms with van der Waals surface area (Å²) < 4.78 is 12.3. The average Bonchev–Trinajstić information content (AvgIpc) is 3.19. The summed E-state index contributed by atoms with van der Waals surface area (Å²) in [5.74, 6) is 0.739. The Morgan fingerprint density at radius 3 is 2.65 bits per heavy atom. The van der Waals surface area contributed by atoms with E-state index in [2.05, 4.69) is 17.1 Å². The number of rotatable bonds is 5. The summed E-state index contributed by atoms with van der Waals surface area (Å²) in [5, 5.41) is 2.60. The fraction of sp³-hybridized carbons (Fsp3) is 0.828. The first-order valence-electron chi connectivity index (χ1n) is 14.2. The molecule has 6 rings (SSSR count). The minimum absolute atomic E-state index is 0.0616. The third-order valence-corrected chi connectivity index (χ3v) is 12.0. The Balaban J connectivity index is 1.31. The maximum Gasteiger partial charge on any atom is 0.414 e. The van der Waals surface area contributed by atoms with E-state index in [1.54, 1.807) is 7.11 Å². The Hall–Kier alpha value is -1.44. The second kappa shape index (κ2) is 9.06. The predicted molar refractivity (Wildman–Crippen MR) is 139 cm³/mol. The Labute approximate surface area is 225 Å². The van der Waals surface area contributed by atoms with Crippen LogP contribution in [0.25, 0.3) is 0 Å². The largest absolute Gasteiger partial charge is 0.445 e. The van der Waals surface area contributed by atoms with E-state index in [1.807, 2.05) is 13.0 Å². The van der Waals surface area contributed by atoms with Crippen LogP contribution in [0.4, 0.5) is 4.79 Å². The number of imide groups is 1. The highest BCUT2D eigenvalue weighted by Gasteiger charge is 2.77. The van der Waals surface area contributed by atoms with Gasteiger partial charge in [0, 0.05) is 48.4 Å². The quantitative estimate of drug-likeness (QED) is 0.560. The van der Waals surface area contributed by atoms with Gasteiger partial charge < -0.3 is 14.4 Å². The molecule has 37 heavy (non-hydrogen) atoms. The van der Waals surface area contributed by atoms with Crippen LogP contribution >= 0.6 is 11.6 Å². The number of ketones is 1. The molecule has 2 saturated heterocycles. The number of halogens is 1. The lowest BCUT2D eigenvalue weighted by Gasteiger charge is -2.55. The number of hydrogen-bond donors (Lipinski definition) is 1.